The normalized spacial score (nSPS) is 19.2. The van der Waals surface area contributed by atoms with Crippen molar-refractivity contribution >= 4 is 31.9 Å². The van der Waals surface area contributed by atoms with E-state index in [0.29, 0.717) is 15.6 Å². The fraction of sp³-hybridized carbons (Fsp3) is 0.160. The van der Waals surface area contributed by atoms with E-state index in [-0.39, 0.29) is 16.9 Å². The Balaban J connectivity index is 1.98. The Kier molecular flexibility index (Phi) is 6.52. The number of hydrogen-bond acceptors (Lipinski definition) is 3. The van der Waals surface area contributed by atoms with Gasteiger partial charge < -0.3 is 5.11 Å². The molecule has 0 saturated carbocycles. The van der Waals surface area contributed by atoms with Crippen molar-refractivity contribution in [3.05, 3.63) is 111 Å². The second kappa shape index (κ2) is 9.21. The second-order valence-electron chi connectivity index (χ2n) is 7.88. The molecule has 170 valence electrons. The Hall–Kier alpha value is -2.81. The van der Waals surface area contributed by atoms with Gasteiger partial charge in [0, 0.05) is 4.47 Å². The maximum atomic E-state index is 14.1. The van der Waals surface area contributed by atoms with Gasteiger partial charge in [0.1, 0.15) is 5.82 Å². The van der Waals surface area contributed by atoms with Crippen LogP contribution in [0, 0.1) is 12.7 Å². The minimum atomic E-state index is -4.17. The fourth-order valence-electron chi connectivity index (χ4n) is 4.11. The Morgan fingerprint density at radius 3 is 2.33 bits per heavy atom. The molecular weight excluding hydrogens is 509 g/mol. The lowest BCUT2D eigenvalue weighted by molar-refractivity contribution is -0.133. The van der Waals surface area contributed by atoms with E-state index >= 15 is 0 Å². The summed E-state index contributed by atoms with van der Waals surface area (Å²) < 4.78 is 44.0. The first-order chi connectivity index (χ1) is 15.7. The molecule has 0 radical (unpaired) electrons. The van der Waals surface area contributed by atoms with Crippen molar-refractivity contribution < 1.29 is 22.7 Å². The molecule has 3 aromatic carbocycles. The Morgan fingerprint density at radius 2 is 1.70 bits per heavy atom. The van der Waals surface area contributed by atoms with Gasteiger partial charge in [-0.2, -0.15) is 4.31 Å². The van der Waals surface area contributed by atoms with E-state index in [9.17, 15) is 22.7 Å². The average molecular weight is 530 g/mol. The van der Waals surface area contributed by atoms with Gasteiger partial charge in [-0.25, -0.2) is 17.6 Å². The molecule has 0 amide bonds. The number of carboxylic acids is 1. The predicted octanol–water partition coefficient (Wildman–Crippen LogP) is 5.78. The number of rotatable bonds is 5. The number of sulfonamides is 1. The van der Waals surface area contributed by atoms with E-state index < -0.39 is 33.9 Å². The van der Waals surface area contributed by atoms with Crippen LogP contribution >= 0.6 is 15.9 Å². The number of carboxylic acid groups (broad SMARTS) is 1. The maximum Gasteiger partial charge on any atom is 0.333 e. The molecule has 0 unspecified atom stereocenters. The first-order valence-electron chi connectivity index (χ1n) is 10.2. The molecule has 1 aliphatic rings. The molecule has 0 aliphatic carbocycles. The van der Waals surface area contributed by atoms with E-state index in [1.54, 1.807) is 42.5 Å². The van der Waals surface area contributed by atoms with Gasteiger partial charge in [-0.1, -0.05) is 64.0 Å². The highest BCUT2D eigenvalue weighted by Crippen LogP contribution is 2.46. The number of carbonyl (C=O) groups is 1. The molecule has 0 spiro atoms. The number of halogens is 2. The van der Waals surface area contributed by atoms with Crippen LogP contribution in [0.25, 0.3) is 0 Å². The standard InChI is InChI=1S/C25H21BrFNO4S/c1-16-8-10-21(11-9-16)33(31,32)28-23(17-4-3-7-20(27)15-17)13-12-22(25(29)30)24(28)18-5-2-6-19(26)14-18/h2-12,14-15,23-24H,13H2,1H3,(H,29,30)/t23-,24-/m0/s1. The summed E-state index contributed by atoms with van der Waals surface area (Å²) in [6.07, 6.45) is 1.63. The summed E-state index contributed by atoms with van der Waals surface area (Å²) in [6, 6.07) is 17.1. The van der Waals surface area contributed by atoms with Gasteiger partial charge in [-0.15, -0.1) is 0 Å². The molecule has 1 aliphatic heterocycles. The molecule has 0 saturated heterocycles. The zero-order valence-corrected chi connectivity index (χ0v) is 20.1. The number of benzene rings is 3. The van der Waals surface area contributed by atoms with Crippen molar-refractivity contribution in [3.8, 4) is 0 Å². The molecule has 33 heavy (non-hydrogen) atoms. The summed E-state index contributed by atoms with van der Waals surface area (Å²) in [5.74, 6) is -1.70. The van der Waals surface area contributed by atoms with Crippen molar-refractivity contribution in [2.24, 2.45) is 0 Å². The zero-order chi connectivity index (χ0) is 23.8. The Morgan fingerprint density at radius 1 is 1.03 bits per heavy atom. The van der Waals surface area contributed by atoms with Gasteiger partial charge in [0.2, 0.25) is 10.0 Å². The van der Waals surface area contributed by atoms with Crippen molar-refractivity contribution in [2.45, 2.75) is 30.3 Å². The van der Waals surface area contributed by atoms with Crippen molar-refractivity contribution in [1.29, 1.82) is 0 Å². The smallest absolute Gasteiger partial charge is 0.333 e. The first kappa shape index (κ1) is 23.4. The molecule has 5 nitrogen and oxygen atoms in total. The highest BCUT2D eigenvalue weighted by Gasteiger charge is 2.44. The number of aryl methyl sites for hydroxylation is 1. The van der Waals surface area contributed by atoms with Crippen LogP contribution in [0.3, 0.4) is 0 Å². The van der Waals surface area contributed by atoms with Crippen molar-refractivity contribution in [1.82, 2.24) is 4.31 Å². The summed E-state index contributed by atoms with van der Waals surface area (Å²) in [7, 11) is -4.17. The molecule has 1 heterocycles. The van der Waals surface area contributed by atoms with Crippen LogP contribution in [-0.4, -0.2) is 23.8 Å². The largest absolute Gasteiger partial charge is 0.478 e. The van der Waals surface area contributed by atoms with Crippen LogP contribution in [-0.2, 0) is 14.8 Å². The van der Waals surface area contributed by atoms with E-state index in [2.05, 4.69) is 15.9 Å². The van der Waals surface area contributed by atoms with Gasteiger partial charge in [0.15, 0.2) is 0 Å². The van der Waals surface area contributed by atoms with Crippen LogP contribution in [0.1, 0.15) is 35.2 Å². The summed E-state index contributed by atoms with van der Waals surface area (Å²) in [5.41, 5.74) is 1.79. The van der Waals surface area contributed by atoms with Crippen LogP contribution in [0.5, 0.6) is 0 Å². The molecular formula is C25H21BrFNO4S. The summed E-state index contributed by atoms with van der Waals surface area (Å²) in [5, 5.41) is 9.97. The molecule has 8 heteroatoms. The van der Waals surface area contributed by atoms with Crippen LogP contribution in [0.2, 0.25) is 0 Å². The molecule has 4 rings (SSSR count). The lowest BCUT2D eigenvalue weighted by Gasteiger charge is -2.40. The van der Waals surface area contributed by atoms with Crippen LogP contribution in [0.4, 0.5) is 4.39 Å². The van der Waals surface area contributed by atoms with Crippen molar-refractivity contribution in [2.75, 3.05) is 0 Å². The first-order valence-corrected chi connectivity index (χ1v) is 12.5. The molecule has 0 bridgehead atoms. The second-order valence-corrected chi connectivity index (χ2v) is 10.6. The summed E-state index contributed by atoms with van der Waals surface area (Å²) in [6.45, 7) is 1.85. The number of aliphatic carboxylic acids is 1. The third-order valence-corrected chi connectivity index (χ3v) is 8.04. The fourth-order valence-corrected chi connectivity index (χ4v) is 6.31. The third kappa shape index (κ3) is 4.64. The predicted molar refractivity (Wildman–Crippen MR) is 127 cm³/mol. The molecule has 0 aromatic heterocycles. The van der Waals surface area contributed by atoms with Crippen molar-refractivity contribution in [3.63, 3.8) is 0 Å². The van der Waals surface area contributed by atoms with Gasteiger partial charge in [0.05, 0.1) is 22.6 Å². The van der Waals surface area contributed by atoms with Gasteiger partial charge in [0.25, 0.3) is 0 Å². The van der Waals surface area contributed by atoms with Crippen LogP contribution < -0.4 is 0 Å². The van der Waals surface area contributed by atoms with E-state index in [0.717, 1.165) is 5.56 Å². The summed E-state index contributed by atoms with van der Waals surface area (Å²) in [4.78, 5) is 12.3. The molecule has 3 aromatic rings. The molecule has 0 fully saturated rings. The van der Waals surface area contributed by atoms with E-state index in [1.807, 2.05) is 6.92 Å². The minimum absolute atomic E-state index is 0.0427. The topological polar surface area (TPSA) is 74.7 Å². The maximum absolute atomic E-state index is 14.1. The number of nitrogens with zero attached hydrogens (tertiary/aromatic N) is 1. The van der Waals surface area contributed by atoms with Gasteiger partial charge in [-0.3, -0.25) is 0 Å². The monoisotopic (exact) mass is 529 g/mol. The summed E-state index contributed by atoms with van der Waals surface area (Å²) >= 11 is 3.39. The average Bonchev–Trinajstić information content (AvgIpc) is 2.78. The Labute approximate surface area is 200 Å². The number of hydrogen-bond donors (Lipinski definition) is 1. The van der Waals surface area contributed by atoms with Gasteiger partial charge in [-0.05, 0) is 60.9 Å². The third-order valence-electron chi connectivity index (χ3n) is 5.66. The van der Waals surface area contributed by atoms with E-state index in [1.165, 1.54) is 40.7 Å². The van der Waals surface area contributed by atoms with Crippen LogP contribution in [0.15, 0.2) is 93.8 Å². The molecule has 2 atom stereocenters. The molecule has 1 N–H and O–H groups in total. The lowest BCUT2D eigenvalue weighted by atomic mass is 9.89. The van der Waals surface area contributed by atoms with E-state index in [4.69, 9.17) is 0 Å². The minimum Gasteiger partial charge on any atom is -0.478 e. The van der Waals surface area contributed by atoms with Gasteiger partial charge >= 0.3 is 5.97 Å². The quantitative estimate of drug-likeness (QED) is 0.454. The zero-order valence-electron chi connectivity index (χ0n) is 17.7. The highest BCUT2D eigenvalue weighted by atomic mass is 79.9. The Bertz CT molecular complexity index is 1340. The highest BCUT2D eigenvalue weighted by molar-refractivity contribution is 9.10. The lowest BCUT2D eigenvalue weighted by Crippen LogP contribution is -2.42. The SMILES string of the molecule is Cc1ccc(S(=O)(=O)N2[C@@H](c3cccc(Br)c3)C(C(=O)O)=CC[C@H]2c2cccc(F)c2)cc1.